The molecule has 0 bridgehead atoms. The van der Waals surface area contributed by atoms with Crippen molar-refractivity contribution < 1.29 is 5.11 Å². The zero-order valence-electron chi connectivity index (χ0n) is 13.7. The van der Waals surface area contributed by atoms with E-state index in [4.69, 9.17) is 5.11 Å². The summed E-state index contributed by atoms with van der Waals surface area (Å²) < 4.78 is 0. The molecule has 5 nitrogen and oxygen atoms in total. The van der Waals surface area contributed by atoms with E-state index in [-0.39, 0.29) is 6.61 Å². The summed E-state index contributed by atoms with van der Waals surface area (Å²) in [4.78, 5) is 9.05. The zero-order valence-corrected chi connectivity index (χ0v) is 13.7. The smallest absolute Gasteiger partial charge is 0.146 e. The van der Waals surface area contributed by atoms with Crippen LogP contribution in [0.5, 0.6) is 0 Å². The molecule has 2 aromatic rings. The van der Waals surface area contributed by atoms with Crippen LogP contribution in [0, 0.1) is 11.3 Å². The number of aromatic nitrogens is 1. The van der Waals surface area contributed by atoms with E-state index in [0.717, 1.165) is 50.5 Å². The Morgan fingerprint density at radius 2 is 1.83 bits per heavy atom. The predicted octanol–water partition coefficient (Wildman–Crippen LogP) is 2.16. The highest BCUT2D eigenvalue weighted by atomic mass is 16.3. The van der Waals surface area contributed by atoms with Gasteiger partial charge in [-0.3, -0.25) is 4.90 Å². The summed E-state index contributed by atoms with van der Waals surface area (Å²) in [6, 6.07) is 14.0. The molecule has 5 heteroatoms. The molecule has 0 spiro atoms. The summed E-state index contributed by atoms with van der Waals surface area (Å²) >= 11 is 0. The SMILES string of the molecule is N#Cc1cccnc1N1CCCN(Cc2ccc(CO)cc2)CC1. The van der Waals surface area contributed by atoms with E-state index in [1.165, 1.54) is 5.56 Å². The number of nitrogens with zero attached hydrogens (tertiary/aromatic N) is 4. The predicted molar refractivity (Wildman–Crippen MR) is 93.4 cm³/mol. The van der Waals surface area contributed by atoms with Crippen LogP contribution >= 0.6 is 0 Å². The first-order valence-corrected chi connectivity index (χ1v) is 8.31. The van der Waals surface area contributed by atoms with Crippen LogP contribution in [0.2, 0.25) is 0 Å². The summed E-state index contributed by atoms with van der Waals surface area (Å²) in [5, 5.41) is 18.4. The van der Waals surface area contributed by atoms with Crippen LogP contribution in [0.15, 0.2) is 42.6 Å². The summed E-state index contributed by atoms with van der Waals surface area (Å²) in [5.74, 6) is 0.800. The van der Waals surface area contributed by atoms with Crippen molar-refractivity contribution in [2.45, 2.75) is 19.6 Å². The van der Waals surface area contributed by atoms with Crippen LogP contribution < -0.4 is 4.90 Å². The molecule has 0 aliphatic carbocycles. The largest absolute Gasteiger partial charge is 0.392 e. The first-order chi connectivity index (χ1) is 11.8. The first kappa shape index (κ1) is 16.4. The van der Waals surface area contributed by atoms with Gasteiger partial charge in [0.05, 0.1) is 12.2 Å². The highest BCUT2D eigenvalue weighted by molar-refractivity contribution is 5.53. The Balaban J connectivity index is 1.63. The van der Waals surface area contributed by atoms with Gasteiger partial charge in [-0.1, -0.05) is 24.3 Å². The molecule has 0 amide bonds. The van der Waals surface area contributed by atoms with Gasteiger partial charge in [-0.05, 0) is 29.7 Å². The number of anilines is 1. The van der Waals surface area contributed by atoms with Gasteiger partial charge < -0.3 is 10.0 Å². The van der Waals surface area contributed by atoms with Gasteiger partial charge in [0.2, 0.25) is 0 Å². The summed E-state index contributed by atoms with van der Waals surface area (Å²) in [5.41, 5.74) is 2.85. The lowest BCUT2D eigenvalue weighted by Gasteiger charge is -2.23. The van der Waals surface area contributed by atoms with Gasteiger partial charge in [0, 0.05) is 38.9 Å². The fraction of sp³-hybridized carbons (Fsp3) is 0.368. The van der Waals surface area contributed by atoms with Crippen LogP contribution in [0.25, 0.3) is 0 Å². The number of rotatable bonds is 4. The van der Waals surface area contributed by atoms with E-state index in [2.05, 4.69) is 33.0 Å². The quantitative estimate of drug-likeness (QED) is 0.934. The van der Waals surface area contributed by atoms with Gasteiger partial charge in [0.25, 0.3) is 0 Å². The van der Waals surface area contributed by atoms with E-state index in [1.54, 1.807) is 6.20 Å². The maximum absolute atomic E-state index is 9.26. The van der Waals surface area contributed by atoms with Crippen molar-refractivity contribution >= 4 is 5.82 Å². The molecular weight excluding hydrogens is 300 g/mol. The van der Waals surface area contributed by atoms with Crippen molar-refractivity contribution in [3.8, 4) is 6.07 Å². The first-order valence-electron chi connectivity index (χ1n) is 8.31. The Morgan fingerprint density at radius 1 is 1.04 bits per heavy atom. The molecule has 0 radical (unpaired) electrons. The van der Waals surface area contributed by atoms with Crippen LogP contribution in [0.1, 0.15) is 23.1 Å². The lowest BCUT2D eigenvalue weighted by molar-refractivity contribution is 0.280. The van der Waals surface area contributed by atoms with Crippen molar-refractivity contribution in [2.24, 2.45) is 0 Å². The topological polar surface area (TPSA) is 63.4 Å². The number of hydrogen-bond acceptors (Lipinski definition) is 5. The number of aliphatic hydroxyl groups is 1. The molecule has 0 saturated carbocycles. The molecule has 1 aliphatic rings. The Morgan fingerprint density at radius 3 is 2.58 bits per heavy atom. The lowest BCUT2D eigenvalue weighted by atomic mass is 10.1. The van der Waals surface area contributed by atoms with Crippen molar-refractivity contribution in [3.63, 3.8) is 0 Å². The molecule has 1 aromatic carbocycles. The molecule has 1 fully saturated rings. The number of aliphatic hydroxyl groups excluding tert-OH is 1. The fourth-order valence-corrected chi connectivity index (χ4v) is 3.09. The zero-order chi connectivity index (χ0) is 16.8. The third-order valence-corrected chi connectivity index (χ3v) is 4.41. The standard InChI is InChI=1S/C19H22N4O/c20-13-18-3-1-8-21-19(18)23-10-2-9-22(11-12-23)14-16-4-6-17(15-24)7-5-16/h1,3-8,24H,2,9-12,14-15H2. The molecule has 3 rings (SSSR count). The summed E-state index contributed by atoms with van der Waals surface area (Å²) in [6.45, 7) is 4.78. The van der Waals surface area contributed by atoms with Crippen molar-refractivity contribution in [3.05, 3.63) is 59.3 Å². The Kier molecular flexibility index (Phi) is 5.42. The minimum absolute atomic E-state index is 0.0876. The number of benzene rings is 1. The number of hydrogen-bond donors (Lipinski definition) is 1. The second-order valence-electron chi connectivity index (χ2n) is 6.08. The molecule has 1 aromatic heterocycles. The highest BCUT2D eigenvalue weighted by Crippen LogP contribution is 2.19. The molecule has 2 heterocycles. The van der Waals surface area contributed by atoms with Gasteiger partial charge in [-0.25, -0.2) is 4.98 Å². The van der Waals surface area contributed by atoms with Crippen LogP contribution in [-0.4, -0.2) is 41.2 Å². The summed E-state index contributed by atoms with van der Waals surface area (Å²) in [7, 11) is 0. The Hall–Kier alpha value is -2.42. The third kappa shape index (κ3) is 3.91. The van der Waals surface area contributed by atoms with E-state index >= 15 is 0 Å². The average molecular weight is 322 g/mol. The molecule has 1 saturated heterocycles. The molecule has 1 aliphatic heterocycles. The molecule has 1 N–H and O–H groups in total. The molecule has 24 heavy (non-hydrogen) atoms. The second kappa shape index (κ2) is 7.91. The normalized spacial score (nSPS) is 15.8. The van der Waals surface area contributed by atoms with E-state index in [0.29, 0.717) is 5.56 Å². The monoisotopic (exact) mass is 322 g/mol. The highest BCUT2D eigenvalue weighted by Gasteiger charge is 2.18. The van der Waals surface area contributed by atoms with Gasteiger partial charge >= 0.3 is 0 Å². The van der Waals surface area contributed by atoms with Gasteiger partial charge in [0.1, 0.15) is 11.9 Å². The van der Waals surface area contributed by atoms with Crippen LogP contribution in [0.4, 0.5) is 5.82 Å². The molecule has 0 atom stereocenters. The fourth-order valence-electron chi connectivity index (χ4n) is 3.09. The van der Waals surface area contributed by atoms with Gasteiger partial charge in [0.15, 0.2) is 0 Å². The summed E-state index contributed by atoms with van der Waals surface area (Å²) in [6.07, 6.45) is 2.80. The maximum Gasteiger partial charge on any atom is 0.146 e. The average Bonchev–Trinajstić information content (AvgIpc) is 2.88. The maximum atomic E-state index is 9.26. The molecule has 124 valence electrons. The Labute approximate surface area is 142 Å². The van der Waals surface area contributed by atoms with Crippen LogP contribution in [-0.2, 0) is 13.2 Å². The molecule has 0 unspecified atom stereocenters. The van der Waals surface area contributed by atoms with Gasteiger partial charge in [-0.15, -0.1) is 0 Å². The van der Waals surface area contributed by atoms with Crippen molar-refractivity contribution in [1.29, 1.82) is 5.26 Å². The number of pyridine rings is 1. The minimum Gasteiger partial charge on any atom is -0.392 e. The van der Waals surface area contributed by atoms with Gasteiger partial charge in [-0.2, -0.15) is 5.26 Å². The molecular formula is C19H22N4O. The van der Waals surface area contributed by atoms with Crippen molar-refractivity contribution in [2.75, 3.05) is 31.1 Å². The minimum atomic E-state index is 0.0876. The van der Waals surface area contributed by atoms with Crippen molar-refractivity contribution in [1.82, 2.24) is 9.88 Å². The third-order valence-electron chi connectivity index (χ3n) is 4.41. The van der Waals surface area contributed by atoms with Crippen LogP contribution in [0.3, 0.4) is 0 Å². The van der Waals surface area contributed by atoms with E-state index < -0.39 is 0 Å². The van der Waals surface area contributed by atoms with E-state index in [1.807, 2.05) is 24.3 Å². The number of nitriles is 1. The van der Waals surface area contributed by atoms with E-state index in [9.17, 15) is 5.26 Å². The Bertz CT molecular complexity index is 708. The second-order valence-corrected chi connectivity index (χ2v) is 6.08. The lowest BCUT2D eigenvalue weighted by Crippen LogP contribution is -2.31.